The van der Waals surface area contributed by atoms with Gasteiger partial charge in [0.05, 0.1) is 18.1 Å². The van der Waals surface area contributed by atoms with Gasteiger partial charge in [0.25, 0.3) is 0 Å². The average molecular weight is 611 g/mol. The van der Waals surface area contributed by atoms with Gasteiger partial charge in [-0.25, -0.2) is 0 Å². The second-order valence-corrected chi connectivity index (χ2v) is 18.2. The minimum absolute atomic E-state index is 0.00906. The molecule has 0 aromatic carbocycles. The van der Waals surface area contributed by atoms with Crippen molar-refractivity contribution in [2.45, 2.75) is 171 Å². The SMILES string of the molecule is CCCCCCCCCCOC(=O)[C@@]1(C)CC[C@]2(C)CC[C@]3(C)C(=CC(=O)[C@@H]4[C@@]5(C)CC[C@H](O)C(C)(C)[C@@H]5CC[C@]43C)[C@@H]2C1. The molecular weight excluding hydrogens is 544 g/mol. The smallest absolute Gasteiger partial charge is 0.311 e. The molecule has 44 heavy (non-hydrogen) atoms. The first kappa shape index (κ1) is 34.2. The second kappa shape index (κ2) is 12.1. The summed E-state index contributed by atoms with van der Waals surface area (Å²) in [4.78, 5) is 28.2. The van der Waals surface area contributed by atoms with Crippen molar-refractivity contribution in [1.29, 1.82) is 0 Å². The van der Waals surface area contributed by atoms with Gasteiger partial charge in [0.15, 0.2) is 5.78 Å². The largest absolute Gasteiger partial charge is 0.465 e. The highest BCUT2D eigenvalue weighted by molar-refractivity contribution is 5.95. The zero-order chi connectivity index (χ0) is 32.2. The summed E-state index contributed by atoms with van der Waals surface area (Å²) < 4.78 is 5.99. The number of hydrogen-bond acceptors (Lipinski definition) is 4. The van der Waals surface area contributed by atoms with Gasteiger partial charge in [0.2, 0.25) is 0 Å². The summed E-state index contributed by atoms with van der Waals surface area (Å²) in [6.45, 7) is 19.2. The molecule has 0 amide bonds. The number of carbonyl (C=O) groups is 2. The number of allylic oxidation sites excluding steroid dienone is 2. The molecule has 1 N–H and O–H groups in total. The lowest BCUT2D eigenvalue weighted by molar-refractivity contribution is -0.202. The standard InChI is InChI=1S/C40H66O4/c1-9-10-11-12-13-14-15-16-25-44-34(43)37(5)22-21-36(4)23-24-39(7)28(29(36)27-37)26-30(41)33-38(6)19-18-32(42)35(2,3)31(38)17-20-40(33,39)8/h26,29,31-33,42H,9-25,27H2,1-8H3/t29-,31-,32-,33+,36+,37-,38-,39+,40+/m0/s1. The van der Waals surface area contributed by atoms with Crippen molar-refractivity contribution in [1.82, 2.24) is 0 Å². The molecular formula is C40H66O4. The predicted octanol–water partition coefficient (Wildman–Crippen LogP) is 10.0. The summed E-state index contributed by atoms with van der Waals surface area (Å²) in [5.41, 5.74) is 0.563. The number of carbonyl (C=O) groups excluding carboxylic acids is 2. The van der Waals surface area contributed by atoms with Crippen molar-refractivity contribution in [3.8, 4) is 0 Å². The van der Waals surface area contributed by atoms with Crippen LogP contribution in [0.15, 0.2) is 11.6 Å². The Morgan fingerprint density at radius 1 is 0.841 bits per heavy atom. The molecule has 0 radical (unpaired) electrons. The molecule has 0 aromatic heterocycles. The van der Waals surface area contributed by atoms with Crippen molar-refractivity contribution < 1.29 is 19.4 Å². The number of hydrogen-bond donors (Lipinski definition) is 1. The van der Waals surface area contributed by atoms with E-state index in [9.17, 15) is 14.7 Å². The number of rotatable bonds is 10. The van der Waals surface area contributed by atoms with Crippen LogP contribution in [0, 0.1) is 50.2 Å². The average Bonchev–Trinajstić information content (AvgIpc) is 2.96. The van der Waals surface area contributed by atoms with Crippen LogP contribution in [0.2, 0.25) is 0 Å². The molecule has 0 aromatic rings. The number of esters is 1. The van der Waals surface area contributed by atoms with Crippen LogP contribution >= 0.6 is 0 Å². The van der Waals surface area contributed by atoms with Crippen molar-refractivity contribution in [3.63, 3.8) is 0 Å². The lowest BCUT2D eigenvalue weighted by atomic mass is 9.33. The summed E-state index contributed by atoms with van der Waals surface area (Å²) in [5.74, 6) is 0.894. The van der Waals surface area contributed by atoms with Crippen LogP contribution in [-0.4, -0.2) is 29.6 Å². The van der Waals surface area contributed by atoms with Crippen LogP contribution in [0.25, 0.3) is 0 Å². The second-order valence-electron chi connectivity index (χ2n) is 18.2. The number of ketones is 1. The van der Waals surface area contributed by atoms with Gasteiger partial charge in [0, 0.05) is 5.92 Å². The summed E-state index contributed by atoms with van der Waals surface area (Å²) in [5, 5.41) is 11.0. The number of aliphatic hydroxyl groups is 1. The molecule has 5 aliphatic rings. The normalized spacial score (nSPS) is 44.5. The minimum atomic E-state index is -0.489. The molecule has 0 saturated heterocycles. The van der Waals surface area contributed by atoms with Crippen LogP contribution < -0.4 is 0 Å². The first-order valence-electron chi connectivity index (χ1n) is 18.7. The molecule has 4 fully saturated rings. The predicted molar refractivity (Wildman–Crippen MR) is 179 cm³/mol. The molecule has 0 aliphatic heterocycles. The van der Waals surface area contributed by atoms with Crippen LogP contribution in [0.1, 0.15) is 165 Å². The van der Waals surface area contributed by atoms with Crippen molar-refractivity contribution in [2.24, 2.45) is 50.2 Å². The zero-order valence-corrected chi connectivity index (χ0v) is 29.8. The van der Waals surface area contributed by atoms with E-state index in [1.165, 1.54) is 44.1 Å². The summed E-state index contributed by atoms with van der Waals surface area (Å²) >= 11 is 0. The van der Waals surface area contributed by atoms with Crippen LogP contribution in [0.4, 0.5) is 0 Å². The van der Waals surface area contributed by atoms with E-state index in [0.29, 0.717) is 18.3 Å². The van der Waals surface area contributed by atoms with Gasteiger partial charge in [-0.05, 0) is 116 Å². The third kappa shape index (κ3) is 5.37. The Morgan fingerprint density at radius 2 is 1.48 bits per heavy atom. The maximum absolute atomic E-state index is 14.5. The monoisotopic (exact) mass is 610 g/mol. The van der Waals surface area contributed by atoms with E-state index >= 15 is 0 Å². The molecule has 0 spiro atoms. The zero-order valence-electron chi connectivity index (χ0n) is 29.8. The Labute approximate surface area is 269 Å². The van der Waals surface area contributed by atoms with Crippen molar-refractivity contribution in [2.75, 3.05) is 6.61 Å². The van der Waals surface area contributed by atoms with Crippen LogP contribution in [0.5, 0.6) is 0 Å². The van der Waals surface area contributed by atoms with Gasteiger partial charge in [-0.15, -0.1) is 0 Å². The van der Waals surface area contributed by atoms with Crippen molar-refractivity contribution >= 4 is 11.8 Å². The third-order valence-electron chi connectivity index (χ3n) is 15.3. The maximum Gasteiger partial charge on any atom is 0.311 e. The van der Waals surface area contributed by atoms with Gasteiger partial charge < -0.3 is 9.84 Å². The molecule has 250 valence electrons. The number of aliphatic hydroxyl groups excluding tert-OH is 1. The Hall–Kier alpha value is -1.16. The Balaban J connectivity index is 1.33. The lowest BCUT2D eigenvalue weighted by Crippen LogP contribution is -2.66. The highest BCUT2D eigenvalue weighted by atomic mass is 16.5. The van der Waals surface area contributed by atoms with E-state index in [0.717, 1.165) is 70.6 Å². The third-order valence-corrected chi connectivity index (χ3v) is 15.3. The van der Waals surface area contributed by atoms with Gasteiger partial charge >= 0.3 is 5.97 Å². The first-order chi connectivity index (χ1) is 20.6. The lowest BCUT2D eigenvalue weighted by Gasteiger charge is -2.70. The Morgan fingerprint density at radius 3 is 2.16 bits per heavy atom. The van der Waals surface area contributed by atoms with E-state index in [4.69, 9.17) is 4.74 Å². The maximum atomic E-state index is 14.5. The molecule has 5 aliphatic carbocycles. The molecule has 0 unspecified atom stereocenters. The van der Waals surface area contributed by atoms with Gasteiger partial charge in [-0.1, -0.05) is 99.0 Å². The molecule has 4 nitrogen and oxygen atoms in total. The first-order valence-corrected chi connectivity index (χ1v) is 18.7. The summed E-state index contributed by atoms with van der Waals surface area (Å²) in [6, 6.07) is 0. The van der Waals surface area contributed by atoms with E-state index in [2.05, 4.69) is 61.5 Å². The quantitative estimate of drug-likeness (QED) is 0.197. The minimum Gasteiger partial charge on any atom is -0.465 e. The van der Waals surface area contributed by atoms with Gasteiger partial charge in [0.1, 0.15) is 0 Å². The van der Waals surface area contributed by atoms with E-state index < -0.39 is 5.41 Å². The van der Waals surface area contributed by atoms with Crippen LogP contribution in [-0.2, 0) is 14.3 Å². The summed E-state index contributed by atoms with van der Waals surface area (Å²) in [7, 11) is 0. The highest BCUT2D eigenvalue weighted by Gasteiger charge is 2.70. The number of ether oxygens (including phenoxy) is 1. The topological polar surface area (TPSA) is 63.6 Å². The fourth-order valence-corrected chi connectivity index (χ4v) is 11.9. The highest BCUT2D eigenvalue weighted by Crippen LogP contribution is 2.75. The number of fused-ring (bicyclic) bond motifs is 7. The van der Waals surface area contributed by atoms with E-state index in [-0.39, 0.29) is 51.0 Å². The van der Waals surface area contributed by atoms with Gasteiger partial charge in [-0.2, -0.15) is 0 Å². The van der Waals surface area contributed by atoms with E-state index in [1.54, 1.807) is 0 Å². The Kier molecular flexibility index (Phi) is 9.43. The molecule has 9 atom stereocenters. The molecule has 4 heteroatoms. The number of unbranched alkanes of at least 4 members (excludes halogenated alkanes) is 7. The summed E-state index contributed by atoms with van der Waals surface area (Å²) in [6.07, 6.45) is 20.5. The molecule has 4 saturated carbocycles. The van der Waals surface area contributed by atoms with E-state index in [1.807, 2.05) is 0 Å². The molecule has 5 rings (SSSR count). The fraction of sp³-hybridized carbons (Fsp3) is 0.900. The van der Waals surface area contributed by atoms with Crippen molar-refractivity contribution in [3.05, 3.63) is 11.6 Å². The molecule has 0 heterocycles. The van der Waals surface area contributed by atoms with Crippen LogP contribution in [0.3, 0.4) is 0 Å². The van der Waals surface area contributed by atoms with Gasteiger partial charge in [-0.3, -0.25) is 9.59 Å². The Bertz CT molecular complexity index is 1120. The fourth-order valence-electron chi connectivity index (χ4n) is 11.9. The molecule has 0 bridgehead atoms.